The van der Waals surface area contributed by atoms with Crippen LogP contribution in [0.3, 0.4) is 0 Å². The summed E-state index contributed by atoms with van der Waals surface area (Å²) in [4.78, 5) is 0. The summed E-state index contributed by atoms with van der Waals surface area (Å²) in [7, 11) is -4.49. The predicted octanol–water partition coefficient (Wildman–Crippen LogP) is 1.37. The van der Waals surface area contributed by atoms with Crippen LogP contribution in [-0.4, -0.2) is 54.4 Å². The van der Waals surface area contributed by atoms with Crippen molar-refractivity contribution < 1.29 is 25.7 Å². The summed E-state index contributed by atoms with van der Waals surface area (Å²) in [5, 5.41) is 9.01. The Morgan fingerprint density at radius 1 is 0.760 bits per heavy atom. The third-order valence-electron chi connectivity index (χ3n) is 2.72. The van der Waals surface area contributed by atoms with E-state index < -0.39 is 49.3 Å². The van der Waals surface area contributed by atoms with Crippen LogP contribution in [0, 0.1) is 0 Å². The fourth-order valence-electron chi connectivity index (χ4n) is 1.51. The lowest BCUT2D eigenvalue weighted by atomic mass is 10.3. The molecule has 1 N–H and O–H groups in total. The molecule has 1 heterocycles. The van der Waals surface area contributed by atoms with Gasteiger partial charge in [0.2, 0.25) is 0 Å². The van der Waals surface area contributed by atoms with Crippen LogP contribution < -0.4 is 0 Å². The lowest BCUT2D eigenvalue weighted by molar-refractivity contribution is 0.331. The van der Waals surface area contributed by atoms with Gasteiger partial charge in [0.1, 0.15) is 10.0 Å². The molecule has 144 valence electrons. The Morgan fingerprint density at radius 3 is 1.60 bits per heavy atom. The lowest BCUT2D eigenvalue weighted by Crippen LogP contribution is -2.31. The topological polar surface area (TPSA) is 66.4 Å². The van der Waals surface area contributed by atoms with E-state index in [0.717, 1.165) is 12.5 Å². The van der Waals surface area contributed by atoms with E-state index in [1.54, 1.807) is 0 Å². The van der Waals surface area contributed by atoms with Gasteiger partial charge in [0.05, 0.1) is 15.1 Å². The second-order valence-electron chi connectivity index (χ2n) is 4.55. The van der Waals surface area contributed by atoms with Crippen LogP contribution in [0.15, 0.2) is 0 Å². The minimum absolute atomic E-state index is 0.00904. The van der Waals surface area contributed by atoms with Crippen molar-refractivity contribution in [1.29, 1.82) is 0 Å². The van der Waals surface area contributed by atoms with Crippen molar-refractivity contribution in [1.82, 2.24) is 0 Å². The zero-order chi connectivity index (χ0) is 18.8. The van der Waals surface area contributed by atoms with Gasteiger partial charge in [0, 0.05) is 0 Å². The van der Waals surface area contributed by atoms with Crippen molar-refractivity contribution in [3.8, 4) is 5.75 Å². The molecular formula is C9H17Cl5O6Si5. The molecule has 1 aliphatic rings. The van der Waals surface area contributed by atoms with Crippen LogP contribution in [0.5, 0.6) is 5.75 Å². The quantitative estimate of drug-likeness (QED) is 0.349. The Balaban J connectivity index is 0.000000251. The van der Waals surface area contributed by atoms with Gasteiger partial charge in [-0.3, -0.25) is 0 Å². The standard InChI is InChI=1S/C6HCl5O.C3H16O5Si5/c7-1-2(8)4(10)6(12)5(11)3(1)9;1-2-3-13-7-11-5-9-4-10-6-12-8-13/h12H;13H,2-3,9-12H2,1H3. The number of benzene rings is 1. The predicted molar refractivity (Wildman–Crippen MR) is 115 cm³/mol. The summed E-state index contributed by atoms with van der Waals surface area (Å²) in [5.74, 6) is -0.363. The van der Waals surface area contributed by atoms with Gasteiger partial charge in [-0.1, -0.05) is 71.3 Å². The van der Waals surface area contributed by atoms with Gasteiger partial charge in [0.25, 0.3) is 40.0 Å². The van der Waals surface area contributed by atoms with Crippen LogP contribution in [0.2, 0.25) is 31.2 Å². The van der Waals surface area contributed by atoms with Crippen LogP contribution in [0.4, 0.5) is 0 Å². The first kappa shape index (κ1) is 24.4. The van der Waals surface area contributed by atoms with Crippen LogP contribution in [0.1, 0.15) is 13.3 Å². The first-order valence-corrected chi connectivity index (χ1v) is 15.3. The van der Waals surface area contributed by atoms with E-state index in [0.29, 0.717) is 0 Å². The number of phenols is 1. The average molecular weight is 539 g/mol. The van der Waals surface area contributed by atoms with Crippen molar-refractivity contribution in [2.45, 2.75) is 19.4 Å². The third-order valence-corrected chi connectivity index (χ3v) is 14.1. The molecule has 0 atom stereocenters. The molecule has 6 nitrogen and oxygen atoms in total. The van der Waals surface area contributed by atoms with Gasteiger partial charge in [-0.15, -0.1) is 0 Å². The summed E-state index contributed by atoms with van der Waals surface area (Å²) in [6.45, 7) is 2.15. The van der Waals surface area contributed by atoms with Crippen LogP contribution >= 0.6 is 58.0 Å². The highest BCUT2D eigenvalue weighted by atomic mass is 35.5. The first-order chi connectivity index (χ1) is 11.9. The SMILES string of the molecule is CCC[SiH]1O[SiH2]O[SiH2]O[SiH2]O[SiH2]O1.Oc1c(Cl)c(Cl)c(Cl)c(Cl)c1Cl. The fourth-order valence-corrected chi connectivity index (χ4v) is 13.3. The molecule has 0 aliphatic carbocycles. The van der Waals surface area contributed by atoms with E-state index in [4.69, 9.17) is 78.6 Å². The second-order valence-corrected chi connectivity index (χ2v) is 16.4. The highest BCUT2D eigenvalue weighted by Gasteiger charge is 2.18. The van der Waals surface area contributed by atoms with E-state index in [9.17, 15) is 5.11 Å². The van der Waals surface area contributed by atoms with Crippen molar-refractivity contribution >= 4 is 107 Å². The van der Waals surface area contributed by atoms with Gasteiger partial charge in [-0.25, -0.2) is 0 Å². The monoisotopic (exact) mass is 536 g/mol. The molecule has 0 radical (unpaired) electrons. The highest BCUT2D eigenvalue weighted by Crippen LogP contribution is 2.47. The first-order valence-electron chi connectivity index (χ1n) is 7.06. The van der Waals surface area contributed by atoms with Gasteiger partial charge in [-0.2, -0.15) is 0 Å². The number of aromatic hydroxyl groups is 1. The number of hydrogen-bond donors (Lipinski definition) is 1. The lowest BCUT2D eigenvalue weighted by Gasteiger charge is -2.18. The van der Waals surface area contributed by atoms with Crippen molar-refractivity contribution in [3.05, 3.63) is 25.1 Å². The Bertz CT molecular complexity index is 443. The van der Waals surface area contributed by atoms with Crippen LogP contribution in [-0.2, 0) is 20.6 Å². The number of rotatable bonds is 2. The molecule has 16 heteroatoms. The van der Waals surface area contributed by atoms with Crippen molar-refractivity contribution in [3.63, 3.8) is 0 Å². The molecule has 0 aromatic heterocycles. The molecule has 1 aromatic rings. The Morgan fingerprint density at radius 2 is 1.16 bits per heavy atom. The molecular weight excluding hydrogens is 522 g/mol. The zero-order valence-corrected chi connectivity index (χ0v) is 23.8. The molecule has 1 saturated heterocycles. The fraction of sp³-hybridized carbons (Fsp3) is 0.333. The largest absolute Gasteiger partial charge is 0.505 e. The van der Waals surface area contributed by atoms with E-state index in [2.05, 4.69) is 6.92 Å². The molecule has 25 heavy (non-hydrogen) atoms. The Hall–Kier alpha value is 1.35. The molecule has 0 bridgehead atoms. The minimum atomic E-state index is -1.39. The Kier molecular flexibility index (Phi) is 13.2. The molecule has 0 amide bonds. The molecule has 1 fully saturated rings. The maximum Gasteiger partial charge on any atom is 0.303 e. The van der Waals surface area contributed by atoms with Gasteiger partial charge < -0.3 is 25.7 Å². The maximum absolute atomic E-state index is 9.20. The minimum Gasteiger partial charge on any atom is -0.505 e. The maximum atomic E-state index is 9.20. The van der Waals surface area contributed by atoms with Crippen molar-refractivity contribution in [2.75, 3.05) is 0 Å². The molecule has 0 unspecified atom stereocenters. The van der Waals surface area contributed by atoms with Gasteiger partial charge in [0.15, 0.2) is 5.75 Å². The summed E-state index contributed by atoms with van der Waals surface area (Å²) < 4.78 is 27.2. The zero-order valence-electron chi connectivity index (χ0n) is 13.2. The highest BCUT2D eigenvalue weighted by molar-refractivity contribution is 6.59. The van der Waals surface area contributed by atoms with Crippen LogP contribution in [0.25, 0.3) is 0 Å². The average Bonchev–Trinajstić information content (AvgIpc) is 2.63. The molecule has 2 rings (SSSR count). The molecule has 0 spiro atoms. The summed E-state index contributed by atoms with van der Waals surface area (Å²) in [6.07, 6.45) is 1.13. The molecule has 1 aliphatic heterocycles. The number of halogens is 5. The summed E-state index contributed by atoms with van der Waals surface area (Å²) >= 11 is 27.9. The smallest absolute Gasteiger partial charge is 0.303 e. The normalized spacial score (nSPS) is 22.9. The van der Waals surface area contributed by atoms with E-state index >= 15 is 0 Å². The van der Waals surface area contributed by atoms with E-state index in [1.807, 2.05) is 0 Å². The van der Waals surface area contributed by atoms with Gasteiger partial charge in [-0.05, 0) is 6.04 Å². The number of hydrogen-bond acceptors (Lipinski definition) is 6. The van der Waals surface area contributed by atoms with Gasteiger partial charge >= 0.3 is 9.28 Å². The van der Waals surface area contributed by atoms with Crippen molar-refractivity contribution in [2.24, 2.45) is 0 Å². The summed E-state index contributed by atoms with van der Waals surface area (Å²) in [6, 6.07) is 1.08. The second kappa shape index (κ2) is 13.5. The van der Waals surface area contributed by atoms with E-state index in [1.165, 1.54) is 0 Å². The van der Waals surface area contributed by atoms with E-state index in [-0.39, 0.29) is 30.9 Å². The third kappa shape index (κ3) is 8.49. The molecule has 0 saturated carbocycles. The Labute approximate surface area is 182 Å². The molecule has 1 aromatic carbocycles. The summed E-state index contributed by atoms with van der Waals surface area (Å²) in [5.41, 5.74) is 0. The number of phenolic OH excluding ortho intramolecular Hbond substituents is 1.